The van der Waals surface area contributed by atoms with Crippen LogP contribution in [0.5, 0.6) is 0 Å². The van der Waals surface area contributed by atoms with Gasteiger partial charge in [-0.1, -0.05) is 12.0 Å². The lowest BCUT2D eigenvalue weighted by atomic mass is 10.2. The summed E-state index contributed by atoms with van der Waals surface area (Å²) >= 11 is 0. The molecule has 1 aliphatic rings. The maximum Gasteiger partial charge on any atom is 0.223 e. The molecule has 6 nitrogen and oxygen atoms in total. The van der Waals surface area contributed by atoms with Crippen molar-refractivity contribution in [2.45, 2.75) is 18.9 Å². The molecule has 4 rings (SSSR count). The maximum atomic E-state index is 5.44. The van der Waals surface area contributed by atoms with Crippen LogP contribution in [-0.2, 0) is 0 Å². The van der Waals surface area contributed by atoms with Crippen LogP contribution in [0.3, 0.4) is 0 Å². The van der Waals surface area contributed by atoms with Crippen molar-refractivity contribution in [3.05, 3.63) is 42.4 Å². The zero-order valence-corrected chi connectivity index (χ0v) is 12.3. The van der Waals surface area contributed by atoms with E-state index in [9.17, 15) is 0 Å². The maximum absolute atomic E-state index is 5.44. The molecule has 6 heteroatoms. The average Bonchev–Trinajstić information content (AvgIpc) is 3.40. The Morgan fingerprint density at radius 1 is 1.17 bits per heavy atom. The number of anilines is 3. The first-order chi connectivity index (χ1) is 11.3. The summed E-state index contributed by atoms with van der Waals surface area (Å²) in [6.45, 7) is 0. The van der Waals surface area contributed by atoms with Gasteiger partial charge < -0.3 is 10.6 Å². The molecule has 0 radical (unpaired) electrons. The molecule has 2 N–H and O–H groups in total. The van der Waals surface area contributed by atoms with Gasteiger partial charge in [0.15, 0.2) is 5.82 Å². The Morgan fingerprint density at radius 3 is 2.91 bits per heavy atom. The summed E-state index contributed by atoms with van der Waals surface area (Å²) in [4.78, 5) is 17.4. The van der Waals surface area contributed by atoms with Crippen molar-refractivity contribution in [2.75, 3.05) is 10.6 Å². The van der Waals surface area contributed by atoms with Crippen molar-refractivity contribution in [1.29, 1.82) is 0 Å². The highest BCUT2D eigenvalue weighted by Gasteiger charge is 2.22. The van der Waals surface area contributed by atoms with E-state index in [1.807, 2.05) is 24.3 Å². The lowest BCUT2D eigenvalue weighted by molar-refractivity contribution is 1.06. The first-order valence-corrected chi connectivity index (χ1v) is 7.40. The minimum absolute atomic E-state index is 0.487. The first kappa shape index (κ1) is 13.5. The van der Waals surface area contributed by atoms with Crippen molar-refractivity contribution in [3.63, 3.8) is 0 Å². The zero-order chi connectivity index (χ0) is 15.6. The Morgan fingerprint density at radius 2 is 2.09 bits per heavy atom. The fraction of sp³-hybridized carbons (Fsp3) is 0.176. The van der Waals surface area contributed by atoms with E-state index in [4.69, 9.17) is 6.42 Å². The normalized spacial score (nSPS) is 13.5. The number of nitrogens with zero attached hydrogens (tertiary/aromatic N) is 4. The van der Waals surface area contributed by atoms with Gasteiger partial charge in [-0.25, -0.2) is 19.9 Å². The summed E-state index contributed by atoms with van der Waals surface area (Å²) in [6.07, 6.45) is 11.0. The number of nitrogens with one attached hydrogen (secondary N) is 2. The predicted octanol–water partition coefficient (Wildman–Crippen LogP) is 2.72. The third-order valence-electron chi connectivity index (χ3n) is 3.58. The van der Waals surface area contributed by atoms with Crippen LogP contribution in [0.4, 0.5) is 17.5 Å². The Hall–Kier alpha value is -3.20. The molecule has 0 saturated heterocycles. The fourth-order valence-electron chi connectivity index (χ4n) is 2.25. The number of hydrogen-bond acceptors (Lipinski definition) is 6. The van der Waals surface area contributed by atoms with Crippen molar-refractivity contribution in [3.8, 4) is 12.3 Å². The highest BCUT2D eigenvalue weighted by atomic mass is 15.1. The predicted molar refractivity (Wildman–Crippen MR) is 89.4 cm³/mol. The van der Waals surface area contributed by atoms with E-state index in [1.54, 1.807) is 6.20 Å². The van der Waals surface area contributed by atoms with E-state index in [1.165, 1.54) is 6.33 Å². The number of aromatic nitrogens is 4. The Balaban J connectivity index is 1.71. The standard InChI is InChI=1S/C17H14N6/c1-2-11-4-3-5-13(8-11)21-16-15-14(19-10-20-16)9-18-17(23-15)22-12-6-7-12/h1,3-5,8-10,12H,6-7H2,(H,18,22,23)(H,19,20,21). The Labute approximate surface area is 133 Å². The molecule has 1 fully saturated rings. The number of hydrogen-bond donors (Lipinski definition) is 2. The SMILES string of the molecule is C#Cc1cccc(Nc2ncnc3cnc(NC4CC4)nc23)c1. The van der Waals surface area contributed by atoms with Crippen molar-refractivity contribution < 1.29 is 0 Å². The summed E-state index contributed by atoms with van der Waals surface area (Å²) in [5.74, 6) is 3.86. The van der Waals surface area contributed by atoms with Crippen LogP contribution in [0.2, 0.25) is 0 Å². The second kappa shape index (κ2) is 5.54. The minimum Gasteiger partial charge on any atom is -0.351 e. The van der Waals surface area contributed by atoms with Gasteiger partial charge in [0.1, 0.15) is 17.4 Å². The van der Waals surface area contributed by atoms with Crippen LogP contribution in [0.15, 0.2) is 36.8 Å². The Kier molecular flexibility index (Phi) is 3.24. The second-order valence-corrected chi connectivity index (χ2v) is 5.42. The molecule has 2 aromatic heterocycles. The number of benzene rings is 1. The van der Waals surface area contributed by atoms with E-state index in [0.29, 0.717) is 28.8 Å². The molecule has 2 heterocycles. The third kappa shape index (κ3) is 2.90. The summed E-state index contributed by atoms with van der Waals surface area (Å²) in [5.41, 5.74) is 3.03. The minimum atomic E-state index is 0.487. The fourth-order valence-corrected chi connectivity index (χ4v) is 2.25. The van der Waals surface area contributed by atoms with Crippen LogP contribution < -0.4 is 10.6 Å². The number of rotatable bonds is 4. The molecule has 0 amide bonds. The van der Waals surface area contributed by atoms with Gasteiger partial charge in [-0.2, -0.15) is 0 Å². The van der Waals surface area contributed by atoms with E-state index in [2.05, 4.69) is 36.5 Å². The van der Waals surface area contributed by atoms with Crippen LogP contribution in [0, 0.1) is 12.3 Å². The second-order valence-electron chi connectivity index (χ2n) is 5.42. The molecule has 1 saturated carbocycles. The Bertz CT molecular complexity index is 910. The molecule has 0 aliphatic heterocycles. The molecule has 1 aromatic carbocycles. The largest absolute Gasteiger partial charge is 0.351 e. The van der Waals surface area contributed by atoms with Gasteiger partial charge in [0.2, 0.25) is 5.95 Å². The third-order valence-corrected chi connectivity index (χ3v) is 3.58. The van der Waals surface area contributed by atoms with Crippen LogP contribution in [0.1, 0.15) is 18.4 Å². The van der Waals surface area contributed by atoms with Gasteiger partial charge in [-0.15, -0.1) is 6.42 Å². The number of fused-ring (bicyclic) bond motifs is 1. The van der Waals surface area contributed by atoms with Gasteiger partial charge in [-0.3, -0.25) is 0 Å². The van der Waals surface area contributed by atoms with E-state index >= 15 is 0 Å². The summed E-state index contributed by atoms with van der Waals surface area (Å²) in [6, 6.07) is 8.08. The van der Waals surface area contributed by atoms with Gasteiger partial charge in [0.05, 0.1) is 6.20 Å². The summed E-state index contributed by atoms with van der Waals surface area (Å²) in [5, 5.41) is 6.54. The van der Waals surface area contributed by atoms with Gasteiger partial charge >= 0.3 is 0 Å². The molecule has 23 heavy (non-hydrogen) atoms. The zero-order valence-electron chi connectivity index (χ0n) is 12.3. The molecule has 3 aromatic rings. The van der Waals surface area contributed by atoms with Crippen molar-refractivity contribution >= 4 is 28.5 Å². The van der Waals surface area contributed by atoms with Gasteiger partial charge in [-0.05, 0) is 31.0 Å². The van der Waals surface area contributed by atoms with Crippen LogP contribution >= 0.6 is 0 Å². The molecular weight excluding hydrogens is 288 g/mol. The monoisotopic (exact) mass is 302 g/mol. The number of terminal acetylenes is 1. The molecule has 112 valence electrons. The van der Waals surface area contributed by atoms with Crippen molar-refractivity contribution in [2.24, 2.45) is 0 Å². The van der Waals surface area contributed by atoms with Gasteiger partial charge in [0, 0.05) is 17.3 Å². The molecule has 0 bridgehead atoms. The van der Waals surface area contributed by atoms with Crippen LogP contribution in [-0.4, -0.2) is 26.0 Å². The van der Waals surface area contributed by atoms with E-state index in [0.717, 1.165) is 24.1 Å². The molecular formula is C17H14N6. The summed E-state index contributed by atoms with van der Waals surface area (Å²) in [7, 11) is 0. The highest BCUT2D eigenvalue weighted by molar-refractivity contribution is 5.87. The first-order valence-electron chi connectivity index (χ1n) is 7.40. The molecule has 0 spiro atoms. The smallest absolute Gasteiger partial charge is 0.223 e. The topological polar surface area (TPSA) is 75.6 Å². The lowest BCUT2D eigenvalue weighted by Crippen LogP contribution is -2.06. The van der Waals surface area contributed by atoms with Crippen molar-refractivity contribution in [1.82, 2.24) is 19.9 Å². The molecule has 1 aliphatic carbocycles. The van der Waals surface area contributed by atoms with E-state index < -0.39 is 0 Å². The lowest BCUT2D eigenvalue weighted by Gasteiger charge is -2.09. The molecule has 0 atom stereocenters. The molecule has 0 unspecified atom stereocenters. The quantitative estimate of drug-likeness (QED) is 0.722. The van der Waals surface area contributed by atoms with Gasteiger partial charge in [0.25, 0.3) is 0 Å². The summed E-state index contributed by atoms with van der Waals surface area (Å²) < 4.78 is 0. The van der Waals surface area contributed by atoms with Crippen LogP contribution in [0.25, 0.3) is 11.0 Å². The highest BCUT2D eigenvalue weighted by Crippen LogP contribution is 2.25. The van der Waals surface area contributed by atoms with E-state index in [-0.39, 0.29) is 0 Å². The average molecular weight is 302 g/mol.